The molecule has 0 N–H and O–H groups in total. The number of sulfonamides is 1. The number of aromatic nitrogens is 2. The van der Waals surface area contributed by atoms with Gasteiger partial charge in [-0.15, -0.1) is 0 Å². The van der Waals surface area contributed by atoms with Crippen LogP contribution in [0.2, 0.25) is 5.02 Å². The van der Waals surface area contributed by atoms with Gasteiger partial charge in [0, 0.05) is 17.6 Å². The summed E-state index contributed by atoms with van der Waals surface area (Å²) in [5, 5.41) is 4.51. The Kier molecular flexibility index (Phi) is 5.13. The van der Waals surface area contributed by atoms with Gasteiger partial charge in [-0.05, 0) is 55.3 Å². The van der Waals surface area contributed by atoms with Crippen LogP contribution in [0.25, 0.3) is 11.4 Å². The average molecular weight is 392 g/mol. The normalized spacial score (nSPS) is 11.9. The van der Waals surface area contributed by atoms with Gasteiger partial charge < -0.3 is 4.52 Å². The van der Waals surface area contributed by atoms with Crippen LogP contribution in [-0.2, 0) is 16.6 Å². The fraction of sp³-hybridized carbons (Fsp3) is 0.222. The van der Waals surface area contributed by atoms with Crippen molar-refractivity contribution in [1.82, 2.24) is 14.4 Å². The van der Waals surface area contributed by atoms with Crippen molar-refractivity contribution in [2.45, 2.75) is 25.3 Å². The lowest BCUT2D eigenvalue weighted by atomic mass is 10.2. The number of hydrogen-bond acceptors (Lipinski definition) is 5. The Labute approximate surface area is 157 Å². The lowest BCUT2D eigenvalue weighted by molar-refractivity contribution is 0.336. The summed E-state index contributed by atoms with van der Waals surface area (Å²) in [5.74, 6) is 0.598. The maximum absolute atomic E-state index is 12.8. The summed E-state index contributed by atoms with van der Waals surface area (Å²) in [4.78, 5) is 4.55. The smallest absolute Gasteiger partial charge is 0.243 e. The van der Waals surface area contributed by atoms with Gasteiger partial charge in [0.25, 0.3) is 0 Å². The Hall–Kier alpha value is -2.22. The third-order valence-electron chi connectivity index (χ3n) is 3.96. The standard InChI is InChI=1S/C18H18ClN3O3S/c1-12-4-5-13(2)16(10-12)26(23,24)22(3)11-17-20-18(21-25-17)14-6-8-15(19)9-7-14/h4-10H,11H2,1-3H3. The molecule has 0 aliphatic heterocycles. The Morgan fingerprint density at radius 1 is 1.12 bits per heavy atom. The third kappa shape index (κ3) is 3.80. The van der Waals surface area contributed by atoms with Gasteiger partial charge in [-0.1, -0.05) is 28.9 Å². The zero-order valence-corrected chi connectivity index (χ0v) is 16.2. The van der Waals surface area contributed by atoms with Crippen molar-refractivity contribution in [2.24, 2.45) is 0 Å². The fourth-order valence-electron chi connectivity index (χ4n) is 2.46. The number of halogens is 1. The molecular formula is C18H18ClN3O3S. The molecular weight excluding hydrogens is 374 g/mol. The molecule has 0 spiro atoms. The van der Waals surface area contributed by atoms with Gasteiger partial charge in [0.15, 0.2) is 0 Å². The molecule has 0 aliphatic rings. The highest BCUT2D eigenvalue weighted by Gasteiger charge is 2.25. The first kappa shape index (κ1) is 18.6. The molecule has 0 fully saturated rings. The summed E-state index contributed by atoms with van der Waals surface area (Å²) in [5.41, 5.74) is 2.31. The van der Waals surface area contributed by atoms with E-state index in [1.54, 1.807) is 43.3 Å². The monoisotopic (exact) mass is 391 g/mol. The van der Waals surface area contributed by atoms with Gasteiger partial charge in [-0.3, -0.25) is 0 Å². The minimum absolute atomic E-state index is 0.0176. The Bertz CT molecular complexity index is 1030. The first-order valence-electron chi connectivity index (χ1n) is 7.89. The molecule has 0 atom stereocenters. The van der Waals surface area contributed by atoms with Crippen LogP contribution in [0.1, 0.15) is 17.0 Å². The van der Waals surface area contributed by atoms with E-state index in [0.717, 1.165) is 11.1 Å². The van der Waals surface area contributed by atoms with E-state index in [1.807, 2.05) is 13.0 Å². The summed E-state index contributed by atoms with van der Waals surface area (Å²) in [6.45, 7) is 3.61. The largest absolute Gasteiger partial charge is 0.338 e. The van der Waals surface area contributed by atoms with Crippen LogP contribution >= 0.6 is 11.6 Å². The van der Waals surface area contributed by atoms with Gasteiger partial charge in [-0.2, -0.15) is 9.29 Å². The SMILES string of the molecule is Cc1ccc(C)c(S(=O)(=O)N(C)Cc2nc(-c3ccc(Cl)cc3)no2)c1. The predicted molar refractivity (Wildman–Crippen MR) is 99.3 cm³/mol. The summed E-state index contributed by atoms with van der Waals surface area (Å²) in [6, 6.07) is 12.3. The van der Waals surface area contributed by atoms with Gasteiger partial charge in [0.05, 0.1) is 11.4 Å². The minimum atomic E-state index is -3.66. The topological polar surface area (TPSA) is 76.3 Å². The van der Waals surface area contributed by atoms with Gasteiger partial charge >= 0.3 is 0 Å². The molecule has 0 saturated carbocycles. The Balaban J connectivity index is 1.82. The molecule has 0 aliphatic carbocycles. The van der Waals surface area contributed by atoms with Crippen molar-refractivity contribution in [3.63, 3.8) is 0 Å². The van der Waals surface area contributed by atoms with Gasteiger partial charge in [0.2, 0.25) is 21.7 Å². The van der Waals surface area contributed by atoms with E-state index in [4.69, 9.17) is 16.1 Å². The number of rotatable bonds is 5. The van der Waals surface area contributed by atoms with E-state index in [9.17, 15) is 8.42 Å². The molecule has 2 aromatic carbocycles. The molecule has 0 saturated heterocycles. The second-order valence-corrected chi connectivity index (χ2v) is 8.50. The van der Waals surface area contributed by atoms with E-state index in [1.165, 1.54) is 11.4 Å². The second-order valence-electron chi connectivity index (χ2n) is 6.05. The number of benzene rings is 2. The molecule has 6 nitrogen and oxygen atoms in total. The first-order chi connectivity index (χ1) is 12.3. The zero-order chi connectivity index (χ0) is 18.9. The Morgan fingerprint density at radius 2 is 1.81 bits per heavy atom. The molecule has 26 heavy (non-hydrogen) atoms. The van der Waals surface area contributed by atoms with Crippen molar-refractivity contribution in [3.8, 4) is 11.4 Å². The van der Waals surface area contributed by atoms with E-state index in [2.05, 4.69) is 10.1 Å². The quantitative estimate of drug-likeness (QED) is 0.660. The summed E-state index contributed by atoms with van der Waals surface area (Å²) in [6.07, 6.45) is 0. The number of nitrogens with zero attached hydrogens (tertiary/aromatic N) is 3. The van der Waals surface area contributed by atoms with Crippen LogP contribution in [-0.4, -0.2) is 29.9 Å². The Morgan fingerprint density at radius 3 is 2.50 bits per heavy atom. The maximum Gasteiger partial charge on any atom is 0.243 e. The van der Waals surface area contributed by atoms with E-state index >= 15 is 0 Å². The van der Waals surface area contributed by atoms with E-state index in [-0.39, 0.29) is 17.3 Å². The summed E-state index contributed by atoms with van der Waals surface area (Å²) < 4.78 is 32.1. The molecule has 0 radical (unpaired) electrons. The minimum Gasteiger partial charge on any atom is -0.338 e. The van der Waals surface area contributed by atoms with Crippen molar-refractivity contribution in [1.29, 1.82) is 0 Å². The van der Waals surface area contributed by atoms with E-state index < -0.39 is 10.0 Å². The van der Waals surface area contributed by atoms with Crippen molar-refractivity contribution >= 4 is 21.6 Å². The van der Waals surface area contributed by atoms with Gasteiger partial charge in [0.1, 0.15) is 0 Å². The molecule has 0 unspecified atom stereocenters. The highest BCUT2D eigenvalue weighted by atomic mass is 35.5. The van der Waals surface area contributed by atoms with Crippen LogP contribution in [0.5, 0.6) is 0 Å². The van der Waals surface area contributed by atoms with Crippen molar-refractivity contribution in [2.75, 3.05) is 7.05 Å². The first-order valence-corrected chi connectivity index (χ1v) is 9.71. The summed E-state index contributed by atoms with van der Waals surface area (Å²) in [7, 11) is -2.17. The lowest BCUT2D eigenvalue weighted by Gasteiger charge is -2.17. The predicted octanol–water partition coefficient (Wildman–Crippen LogP) is 3.83. The van der Waals surface area contributed by atoms with Crippen molar-refractivity contribution < 1.29 is 12.9 Å². The molecule has 1 aromatic heterocycles. The van der Waals surface area contributed by atoms with Crippen LogP contribution in [0.4, 0.5) is 0 Å². The van der Waals surface area contributed by atoms with Crippen LogP contribution < -0.4 is 0 Å². The molecule has 136 valence electrons. The lowest BCUT2D eigenvalue weighted by Crippen LogP contribution is -2.27. The molecule has 3 aromatic rings. The van der Waals surface area contributed by atoms with Crippen molar-refractivity contribution in [3.05, 3.63) is 64.5 Å². The zero-order valence-electron chi connectivity index (χ0n) is 14.6. The molecule has 8 heteroatoms. The molecule has 3 rings (SSSR count). The summed E-state index contributed by atoms with van der Waals surface area (Å²) >= 11 is 5.87. The fourth-order valence-corrected chi connectivity index (χ4v) is 4.02. The van der Waals surface area contributed by atoms with Crippen LogP contribution in [0.3, 0.4) is 0 Å². The number of aryl methyl sites for hydroxylation is 2. The van der Waals surface area contributed by atoms with E-state index in [0.29, 0.717) is 16.4 Å². The average Bonchev–Trinajstić information content (AvgIpc) is 3.06. The highest BCUT2D eigenvalue weighted by Crippen LogP contribution is 2.23. The molecule has 0 amide bonds. The number of hydrogen-bond donors (Lipinski definition) is 0. The second kappa shape index (κ2) is 7.19. The maximum atomic E-state index is 12.8. The highest BCUT2D eigenvalue weighted by molar-refractivity contribution is 7.89. The third-order valence-corrected chi connectivity index (χ3v) is 6.16. The molecule has 0 bridgehead atoms. The van der Waals surface area contributed by atoms with Gasteiger partial charge in [-0.25, -0.2) is 8.42 Å². The van der Waals surface area contributed by atoms with Crippen LogP contribution in [0.15, 0.2) is 51.9 Å². The van der Waals surface area contributed by atoms with Crippen LogP contribution in [0, 0.1) is 13.8 Å². The molecule has 1 heterocycles.